The van der Waals surface area contributed by atoms with Gasteiger partial charge in [0, 0.05) is 123 Å². The average molecular weight is 1590 g/mol. The van der Waals surface area contributed by atoms with Gasteiger partial charge in [0.25, 0.3) is 0 Å². The van der Waals surface area contributed by atoms with Crippen LogP contribution in [0.15, 0.2) is 393 Å². The van der Waals surface area contributed by atoms with Gasteiger partial charge in [0.05, 0.1) is 31.8 Å². The highest BCUT2D eigenvalue weighted by Gasteiger charge is 2.25. The first-order valence-electron chi connectivity index (χ1n) is 39.9. The molecule has 24 aromatic rings. The van der Waals surface area contributed by atoms with Crippen molar-refractivity contribution in [3.8, 4) is 135 Å². The first kappa shape index (κ1) is 70.2. The zero-order valence-corrected chi connectivity index (χ0v) is 66.6. The number of fused-ring (bicyclic) bond motifs is 16. The number of furan rings is 1. The molecule has 0 aliphatic rings. The lowest BCUT2D eigenvalue weighted by Crippen LogP contribution is -2.00. The van der Waals surface area contributed by atoms with E-state index >= 15 is 0 Å². The SMILES string of the molecule is c1ccc(-c2ccc(-c3cccc4nc(-c5cccc(-c6nc(-c7ccccc7)nc(-c7cccc8c7sc7ccccc78)n6)c5)c5sc6ccccc6c5c34)cc2)cc1.c1ccc(-c2nc(-c3ccc(-c4cccc5c4oc4ccccc45)cc3)nc(-c3ccc(-c4nc5cccc(-c6ccccc6)c5c5c4sc4ccccc45)cc3)n2)cc1. The van der Waals surface area contributed by atoms with Crippen LogP contribution in [-0.4, -0.2) is 39.9 Å². The molecular weight excluding hydrogens is 1520 g/mol. The zero-order valence-electron chi connectivity index (χ0n) is 64.2. The van der Waals surface area contributed by atoms with Gasteiger partial charge < -0.3 is 4.42 Å². The molecule has 0 atom stereocenters. The smallest absolute Gasteiger partial charge is 0.165 e. The van der Waals surface area contributed by atoms with E-state index in [0.717, 1.165) is 105 Å². The van der Waals surface area contributed by atoms with Crippen LogP contribution >= 0.6 is 34.0 Å². The second kappa shape index (κ2) is 29.5. The first-order valence-corrected chi connectivity index (χ1v) is 42.4. The van der Waals surface area contributed by atoms with Crippen LogP contribution in [0.4, 0.5) is 0 Å². The monoisotopic (exact) mass is 1580 g/mol. The van der Waals surface area contributed by atoms with E-state index in [-0.39, 0.29) is 0 Å². The van der Waals surface area contributed by atoms with Crippen LogP contribution in [0.5, 0.6) is 0 Å². The molecule has 16 aromatic carbocycles. The molecule has 560 valence electrons. The molecule has 0 aliphatic carbocycles. The molecule has 0 saturated heterocycles. The molecule has 0 bridgehead atoms. The summed E-state index contributed by atoms with van der Waals surface area (Å²) in [5.74, 6) is 3.74. The summed E-state index contributed by atoms with van der Waals surface area (Å²) in [4.78, 5) is 41.5. The standard InChI is InChI=1S/C54H32N4OS.C54H32N4S2/c1-3-13-33(14-4-1)39-19-12-22-44-47(39)48-43-18-8-10-24-46(43)60-51(48)49(55-44)35-27-31-38(32-28-35)54-57-52(36-15-5-2-6-16-36)56-53(58-54)37-29-25-34(26-30-37)40-20-11-21-42-41-17-7-9-23-45(41)59-50(40)42;1-3-14-33(15-4-1)34-28-30-35(31-29-34)39-22-13-25-44-47(39)48-42-21-8-10-27-46(42)60-51(48)49(55-44)37-18-11-19-38(32-37)53-56-52(36-16-5-2-6-17-36)57-54(58-53)43-24-12-23-41-40-20-7-9-26-45(40)59-50(41)43/h2*1-32H. The number of nitrogens with zero attached hydrogens (tertiary/aromatic N) is 8. The minimum atomic E-state index is 0.604. The number of benzene rings is 16. The second-order valence-corrected chi connectivity index (χ2v) is 33.0. The molecule has 12 heteroatoms. The molecule has 9 nitrogen and oxygen atoms in total. The molecule has 0 aliphatic heterocycles. The topological polar surface area (TPSA) is 116 Å². The number of hydrogen-bond acceptors (Lipinski definition) is 12. The van der Waals surface area contributed by atoms with Crippen LogP contribution in [0.1, 0.15) is 0 Å². The lowest BCUT2D eigenvalue weighted by molar-refractivity contribution is 0.670. The molecule has 0 N–H and O–H groups in total. The van der Waals surface area contributed by atoms with E-state index in [4.69, 9.17) is 44.3 Å². The quantitative estimate of drug-likeness (QED) is 0.118. The van der Waals surface area contributed by atoms with Crippen molar-refractivity contribution in [1.29, 1.82) is 0 Å². The molecule has 0 unspecified atom stereocenters. The fourth-order valence-corrected chi connectivity index (χ4v) is 20.6. The van der Waals surface area contributed by atoms with Gasteiger partial charge in [-0.2, -0.15) is 0 Å². The maximum absolute atomic E-state index is 6.36. The number of rotatable bonds is 12. The number of hydrogen-bond donors (Lipinski definition) is 0. The lowest BCUT2D eigenvalue weighted by Gasteiger charge is -2.13. The van der Waals surface area contributed by atoms with Crippen molar-refractivity contribution in [1.82, 2.24) is 39.9 Å². The predicted molar refractivity (Wildman–Crippen MR) is 501 cm³/mol. The Bertz CT molecular complexity index is 8130. The summed E-state index contributed by atoms with van der Waals surface area (Å²) in [5, 5.41) is 12.0. The summed E-state index contributed by atoms with van der Waals surface area (Å²) < 4.78 is 13.6. The number of thiophene rings is 3. The Kier molecular flexibility index (Phi) is 17.3. The van der Waals surface area contributed by atoms with Gasteiger partial charge in [0.2, 0.25) is 0 Å². The third-order valence-corrected chi connectivity index (χ3v) is 26.3. The van der Waals surface area contributed by atoms with Gasteiger partial charge >= 0.3 is 0 Å². The fourth-order valence-electron chi connectivity index (χ4n) is 17.0. The van der Waals surface area contributed by atoms with Crippen LogP contribution in [-0.2, 0) is 0 Å². The molecule has 8 heterocycles. The Morgan fingerprint density at radius 2 is 0.517 bits per heavy atom. The summed E-state index contributed by atoms with van der Waals surface area (Å²) in [7, 11) is 0. The molecule has 0 fully saturated rings. The van der Waals surface area contributed by atoms with Crippen LogP contribution in [0.3, 0.4) is 0 Å². The van der Waals surface area contributed by atoms with Gasteiger partial charge in [0.1, 0.15) is 11.2 Å². The third-order valence-electron chi connectivity index (χ3n) is 22.7. The highest BCUT2D eigenvalue weighted by molar-refractivity contribution is 7.27. The highest BCUT2D eigenvalue weighted by Crippen LogP contribution is 2.50. The van der Waals surface area contributed by atoms with Crippen LogP contribution in [0.25, 0.3) is 240 Å². The summed E-state index contributed by atoms with van der Waals surface area (Å²) in [6.07, 6.45) is 0. The molecule has 0 saturated carbocycles. The minimum absolute atomic E-state index is 0.604. The van der Waals surface area contributed by atoms with Crippen molar-refractivity contribution in [2.45, 2.75) is 0 Å². The molecule has 24 rings (SSSR count). The molecule has 0 radical (unpaired) electrons. The lowest BCUT2D eigenvalue weighted by atomic mass is 9.94. The Labute approximate surface area is 700 Å². The van der Waals surface area contributed by atoms with Gasteiger partial charge in [-0.15, -0.1) is 34.0 Å². The maximum Gasteiger partial charge on any atom is 0.165 e. The number of para-hydroxylation sites is 2. The fraction of sp³-hybridized carbons (Fsp3) is 0. The van der Waals surface area contributed by atoms with Crippen LogP contribution in [0.2, 0.25) is 0 Å². The van der Waals surface area contributed by atoms with E-state index in [1.165, 1.54) is 100.0 Å². The van der Waals surface area contributed by atoms with E-state index in [0.29, 0.717) is 34.9 Å². The molecule has 120 heavy (non-hydrogen) atoms. The molecule has 8 aromatic heterocycles. The predicted octanol–water partition coefficient (Wildman–Crippen LogP) is 29.8. The van der Waals surface area contributed by atoms with Crippen molar-refractivity contribution in [3.63, 3.8) is 0 Å². The number of aromatic nitrogens is 8. The Hall–Kier alpha value is -15.2. The third kappa shape index (κ3) is 12.4. The Morgan fingerprint density at radius 1 is 0.183 bits per heavy atom. The molecular formula is C108H64N8OS3. The van der Waals surface area contributed by atoms with E-state index in [1.54, 1.807) is 34.0 Å². The van der Waals surface area contributed by atoms with Crippen molar-refractivity contribution in [3.05, 3.63) is 388 Å². The van der Waals surface area contributed by atoms with E-state index < -0.39 is 0 Å². The minimum Gasteiger partial charge on any atom is -0.455 e. The van der Waals surface area contributed by atoms with Crippen LogP contribution < -0.4 is 0 Å². The average Bonchev–Trinajstić information content (AvgIpc) is 1.54. The highest BCUT2D eigenvalue weighted by atomic mass is 32.1. The van der Waals surface area contributed by atoms with E-state index in [2.05, 4.69) is 322 Å². The van der Waals surface area contributed by atoms with E-state index in [9.17, 15) is 0 Å². The largest absolute Gasteiger partial charge is 0.455 e. The second-order valence-electron chi connectivity index (χ2n) is 29.9. The van der Waals surface area contributed by atoms with Crippen molar-refractivity contribution in [2.24, 2.45) is 0 Å². The Balaban J connectivity index is 0.000000140. The Morgan fingerprint density at radius 3 is 1.07 bits per heavy atom. The van der Waals surface area contributed by atoms with Crippen LogP contribution in [0, 0.1) is 0 Å². The maximum atomic E-state index is 6.36. The van der Waals surface area contributed by atoms with Gasteiger partial charge in [-0.3, -0.25) is 0 Å². The number of pyridine rings is 2. The van der Waals surface area contributed by atoms with E-state index in [1.807, 2.05) is 66.7 Å². The van der Waals surface area contributed by atoms with Gasteiger partial charge in [-0.25, -0.2) is 39.9 Å². The molecule has 0 amide bonds. The van der Waals surface area contributed by atoms with Gasteiger partial charge in [-0.1, -0.05) is 340 Å². The summed E-state index contributed by atoms with van der Waals surface area (Å²) in [6, 6.07) is 136. The first-order chi connectivity index (χ1) is 59.5. The summed E-state index contributed by atoms with van der Waals surface area (Å²) in [6.45, 7) is 0. The normalized spacial score (nSPS) is 11.7. The summed E-state index contributed by atoms with van der Waals surface area (Å²) in [5.41, 5.74) is 22.4. The zero-order chi connectivity index (χ0) is 79.1. The van der Waals surface area contributed by atoms with Crippen molar-refractivity contribution >= 4 is 138 Å². The summed E-state index contributed by atoms with van der Waals surface area (Å²) >= 11 is 5.39. The molecule has 0 spiro atoms. The van der Waals surface area contributed by atoms with Gasteiger partial charge in [-0.05, 0) is 87.5 Å². The van der Waals surface area contributed by atoms with Gasteiger partial charge in [0.15, 0.2) is 34.9 Å². The van der Waals surface area contributed by atoms with Crippen molar-refractivity contribution in [2.75, 3.05) is 0 Å². The van der Waals surface area contributed by atoms with Crippen molar-refractivity contribution < 1.29 is 4.42 Å².